The number of nitrogens with one attached hydrogen (secondary N) is 2. The molecule has 5 nitrogen and oxygen atoms in total. The van der Waals surface area contributed by atoms with E-state index in [0.29, 0.717) is 25.6 Å². The molecule has 1 aliphatic heterocycles. The normalized spacial score (nSPS) is 21.6. The molecule has 2 N–H and O–H groups in total. The fraction of sp³-hybridized carbons (Fsp3) is 0.500. The summed E-state index contributed by atoms with van der Waals surface area (Å²) < 4.78 is 20.8. The molecular weight excluding hydrogens is 405 g/mol. The van der Waals surface area contributed by atoms with Gasteiger partial charge < -0.3 is 15.4 Å². The maximum Gasteiger partial charge on any atom is 0.240 e. The van der Waals surface area contributed by atoms with Crippen LogP contribution in [0.2, 0.25) is 0 Å². The lowest BCUT2D eigenvalue weighted by molar-refractivity contribution is -0.124. The van der Waals surface area contributed by atoms with Gasteiger partial charge in [-0.05, 0) is 73.0 Å². The summed E-state index contributed by atoms with van der Waals surface area (Å²) in [6.07, 6.45) is 3.30. The van der Waals surface area contributed by atoms with Crippen molar-refractivity contribution in [2.45, 2.75) is 57.0 Å². The highest BCUT2D eigenvalue weighted by Crippen LogP contribution is 2.35. The zero-order valence-electron chi connectivity index (χ0n) is 18.7. The molecule has 0 radical (unpaired) electrons. The second-order valence-corrected chi connectivity index (χ2v) is 9.58. The van der Waals surface area contributed by atoms with E-state index in [9.17, 15) is 9.18 Å². The molecule has 2 fully saturated rings. The highest BCUT2D eigenvalue weighted by atomic mass is 19.1. The number of amides is 1. The molecule has 1 atom stereocenters. The number of hydrogen-bond acceptors (Lipinski definition) is 4. The van der Waals surface area contributed by atoms with E-state index in [4.69, 9.17) is 4.74 Å². The van der Waals surface area contributed by atoms with E-state index in [1.807, 2.05) is 37.4 Å². The van der Waals surface area contributed by atoms with Crippen LogP contribution < -0.4 is 15.4 Å². The number of benzene rings is 2. The Morgan fingerprint density at radius 2 is 1.91 bits per heavy atom. The van der Waals surface area contributed by atoms with Crippen LogP contribution in [-0.2, 0) is 24.4 Å². The predicted molar refractivity (Wildman–Crippen MR) is 122 cm³/mol. The second kappa shape index (κ2) is 8.83. The van der Waals surface area contributed by atoms with Crippen LogP contribution in [0.4, 0.5) is 4.39 Å². The minimum Gasteiger partial charge on any atom is -0.493 e. The fourth-order valence-electron chi connectivity index (χ4n) is 4.44. The zero-order chi connectivity index (χ0) is 22.1. The summed E-state index contributed by atoms with van der Waals surface area (Å²) >= 11 is 0. The molecule has 170 valence electrons. The minimum atomic E-state index is -1.00. The Kier molecular flexibility index (Phi) is 5.91. The van der Waals surface area contributed by atoms with Crippen molar-refractivity contribution in [2.24, 2.45) is 5.92 Å². The van der Waals surface area contributed by atoms with Gasteiger partial charge in [-0.15, -0.1) is 0 Å². The summed E-state index contributed by atoms with van der Waals surface area (Å²) in [7, 11) is 1.84. The van der Waals surface area contributed by atoms with Crippen LogP contribution >= 0.6 is 0 Å². The molecule has 2 aliphatic carbocycles. The molecule has 0 saturated heterocycles. The topological polar surface area (TPSA) is 53.6 Å². The Balaban J connectivity index is 1.15. The molecule has 1 unspecified atom stereocenters. The average molecular weight is 438 g/mol. The maximum absolute atomic E-state index is 14.9. The summed E-state index contributed by atoms with van der Waals surface area (Å²) in [5, 5.41) is 6.14. The first-order chi connectivity index (χ1) is 15.5. The van der Waals surface area contributed by atoms with Gasteiger partial charge in [-0.3, -0.25) is 9.69 Å². The van der Waals surface area contributed by atoms with Crippen molar-refractivity contribution in [3.05, 3.63) is 64.7 Å². The van der Waals surface area contributed by atoms with Crippen LogP contribution in [0.3, 0.4) is 0 Å². The molecule has 1 heterocycles. The molecule has 0 bridgehead atoms. The quantitative estimate of drug-likeness (QED) is 0.625. The number of carbonyl (C=O) groups is 1. The fourth-order valence-corrected chi connectivity index (χ4v) is 4.44. The van der Waals surface area contributed by atoms with Gasteiger partial charge in [0, 0.05) is 26.2 Å². The highest BCUT2D eigenvalue weighted by Gasteiger charge is 2.48. The highest BCUT2D eigenvalue weighted by molar-refractivity contribution is 5.89. The van der Waals surface area contributed by atoms with Gasteiger partial charge in [0.15, 0.2) is 0 Å². The van der Waals surface area contributed by atoms with Gasteiger partial charge in [0.1, 0.15) is 11.9 Å². The molecule has 1 amide bonds. The first kappa shape index (κ1) is 21.4. The molecule has 6 heteroatoms. The lowest BCUT2D eigenvalue weighted by Crippen LogP contribution is -2.44. The van der Waals surface area contributed by atoms with Crippen molar-refractivity contribution in [3.8, 4) is 5.75 Å². The first-order valence-electron chi connectivity index (χ1n) is 11.7. The Bertz CT molecular complexity index is 970. The van der Waals surface area contributed by atoms with Crippen molar-refractivity contribution in [2.75, 3.05) is 20.2 Å². The van der Waals surface area contributed by atoms with Crippen LogP contribution in [0.1, 0.15) is 54.1 Å². The summed E-state index contributed by atoms with van der Waals surface area (Å²) in [4.78, 5) is 14.4. The van der Waals surface area contributed by atoms with Gasteiger partial charge >= 0.3 is 0 Å². The number of nitrogens with zero attached hydrogens (tertiary/aromatic N) is 1. The van der Waals surface area contributed by atoms with E-state index in [0.717, 1.165) is 54.0 Å². The number of carbonyl (C=O) groups excluding carboxylic acids is 1. The van der Waals surface area contributed by atoms with Gasteiger partial charge in [-0.2, -0.15) is 0 Å². The summed E-state index contributed by atoms with van der Waals surface area (Å²) in [5.41, 5.74) is 3.68. The molecular formula is C26H32FN3O2. The van der Waals surface area contributed by atoms with Crippen LogP contribution in [0.15, 0.2) is 42.5 Å². The molecule has 0 aromatic heterocycles. The molecule has 2 aromatic rings. The molecule has 2 aromatic carbocycles. The second-order valence-electron chi connectivity index (χ2n) is 9.58. The smallest absolute Gasteiger partial charge is 0.240 e. The third kappa shape index (κ3) is 4.81. The monoisotopic (exact) mass is 437 g/mol. The van der Waals surface area contributed by atoms with Gasteiger partial charge in [0.2, 0.25) is 5.91 Å². The van der Waals surface area contributed by atoms with Crippen molar-refractivity contribution < 1.29 is 13.9 Å². The van der Waals surface area contributed by atoms with Gasteiger partial charge in [0.05, 0.1) is 12.1 Å². The first-order valence-corrected chi connectivity index (χ1v) is 11.7. The number of rotatable bonds is 9. The van der Waals surface area contributed by atoms with Gasteiger partial charge in [-0.1, -0.05) is 30.3 Å². The van der Waals surface area contributed by atoms with E-state index < -0.39 is 6.17 Å². The Morgan fingerprint density at radius 3 is 2.59 bits per heavy atom. The number of alkyl halides is 1. The lowest BCUT2D eigenvalue weighted by Gasteiger charge is -2.31. The summed E-state index contributed by atoms with van der Waals surface area (Å²) in [5.74, 6) is 1.55. The number of likely N-dealkylation sites (N-methyl/N-ethyl adjacent to an activating group) is 1. The third-order valence-electron chi connectivity index (χ3n) is 7.00. The largest absolute Gasteiger partial charge is 0.493 e. The van der Waals surface area contributed by atoms with Crippen LogP contribution in [0, 0.1) is 5.92 Å². The van der Waals surface area contributed by atoms with Crippen molar-refractivity contribution in [3.63, 3.8) is 0 Å². The Morgan fingerprint density at radius 1 is 1.16 bits per heavy atom. The number of fused-ring (bicyclic) bond motifs is 1. The maximum atomic E-state index is 14.9. The SMILES string of the molecule is CNC1(C(=O)NCc2ccc(CN3Cc4ccc(OCC5CC5)cc4C(F)C3)cc2)CC1. The van der Waals surface area contributed by atoms with Crippen LogP contribution in [0.5, 0.6) is 5.75 Å². The Hall–Kier alpha value is -2.44. The lowest BCUT2D eigenvalue weighted by atomic mass is 9.97. The Labute approximate surface area is 189 Å². The van der Waals surface area contributed by atoms with Crippen LogP contribution in [0.25, 0.3) is 0 Å². The van der Waals surface area contributed by atoms with Crippen molar-refractivity contribution in [1.29, 1.82) is 0 Å². The van der Waals surface area contributed by atoms with E-state index in [2.05, 4.69) is 27.7 Å². The van der Waals surface area contributed by atoms with Crippen molar-refractivity contribution >= 4 is 5.91 Å². The standard InChI is InChI=1S/C26H32FN3O2/c1-28-26(10-11-26)25(31)29-13-18-2-4-19(5-3-18)14-30-15-21-8-9-22(32-17-20-6-7-20)12-23(21)24(27)16-30/h2-5,8-9,12,20,24,28H,6-7,10-11,13-17H2,1H3,(H,29,31). The molecule has 5 rings (SSSR count). The van der Waals surface area contributed by atoms with Crippen molar-refractivity contribution in [1.82, 2.24) is 15.5 Å². The van der Waals surface area contributed by atoms with E-state index in [1.165, 1.54) is 12.8 Å². The predicted octanol–water partition coefficient (Wildman–Crippen LogP) is 3.87. The summed E-state index contributed by atoms with van der Waals surface area (Å²) in [6, 6.07) is 14.1. The molecule has 3 aliphatic rings. The van der Waals surface area contributed by atoms with Gasteiger partial charge in [-0.25, -0.2) is 4.39 Å². The summed E-state index contributed by atoms with van der Waals surface area (Å²) in [6.45, 7) is 3.11. The van der Waals surface area contributed by atoms with E-state index in [1.54, 1.807) is 0 Å². The van der Waals surface area contributed by atoms with Crippen LogP contribution in [-0.4, -0.2) is 36.5 Å². The zero-order valence-corrected chi connectivity index (χ0v) is 18.7. The average Bonchev–Trinajstić information content (AvgIpc) is 3.72. The third-order valence-corrected chi connectivity index (χ3v) is 7.00. The molecule has 2 saturated carbocycles. The van der Waals surface area contributed by atoms with Gasteiger partial charge in [0.25, 0.3) is 0 Å². The number of ether oxygens (including phenoxy) is 1. The van der Waals surface area contributed by atoms with E-state index >= 15 is 0 Å². The number of hydrogen-bond donors (Lipinski definition) is 2. The van der Waals surface area contributed by atoms with E-state index in [-0.39, 0.29) is 11.4 Å². The molecule has 0 spiro atoms. The molecule has 32 heavy (non-hydrogen) atoms. The minimum absolute atomic E-state index is 0.0751. The number of halogens is 1.